The van der Waals surface area contributed by atoms with E-state index in [1.807, 2.05) is 75.4 Å². The molecule has 4 aromatic rings. The number of rotatable bonds is 8. The predicted molar refractivity (Wildman–Crippen MR) is 327 cm³/mol. The zero-order valence-corrected chi connectivity index (χ0v) is 51.1. The molecule has 27 heteroatoms. The summed E-state index contributed by atoms with van der Waals surface area (Å²) in [5.41, 5.74) is 11.4. The van der Waals surface area contributed by atoms with E-state index in [1.54, 1.807) is 34.9 Å². The number of pyridine rings is 2. The lowest BCUT2D eigenvalue weighted by Crippen LogP contribution is -2.61. The molecule has 0 radical (unpaired) electrons. The van der Waals surface area contributed by atoms with Crippen molar-refractivity contribution in [2.75, 3.05) is 85.6 Å². The minimum Gasteiger partial charge on any atom is -0.480 e. The van der Waals surface area contributed by atoms with E-state index in [9.17, 15) is 39.4 Å². The van der Waals surface area contributed by atoms with Gasteiger partial charge in [0.15, 0.2) is 0 Å². The second-order valence-electron chi connectivity index (χ2n) is 21.2. The van der Waals surface area contributed by atoms with E-state index in [0.29, 0.717) is 57.4 Å². The van der Waals surface area contributed by atoms with Gasteiger partial charge in [-0.2, -0.15) is 0 Å². The summed E-state index contributed by atoms with van der Waals surface area (Å²) in [5, 5.41) is 74.6. The van der Waals surface area contributed by atoms with Gasteiger partial charge in [0.1, 0.15) is 29.5 Å². The van der Waals surface area contributed by atoms with Crippen LogP contribution in [-0.2, 0) is 44.9 Å². The van der Waals surface area contributed by atoms with Crippen molar-refractivity contribution in [3.63, 3.8) is 0 Å². The molecule has 21 nitrogen and oxygen atoms in total. The third-order valence-electron chi connectivity index (χ3n) is 15.2. The number of aryl methyl sites for hydroxylation is 6. The number of fused-ring (bicyclic) bond motifs is 4. The zero-order valence-electron chi connectivity index (χ0n) is 48.8. The van der Waals surface area contributed by atoms with Gasteiger partial charge in [-0.25, -0.2) is 0 Å². The van der Waals surface area contributed by atoms with Crippen LogP contribution in [-0.4, -0.2) is 224 Å². The van der Waals surface area contributed by atoms with Crippen molar-refractivity contribution in [2.24, 2.45) is 0 Å². The molecule has 6 atom stereocenters. The molecule has 4 saturated heterocycles. The van der Waals surface area contributed by atoms with Crippen molar-refractivity contribution in [1.29, 1.82) is 0 Å². The number of alkyl halides is 1. The molecule has 4 aliphatic heterocycles. The van der Waals surface area contributed by atoms with Crippen LogP contribution in [0.5, 0.6) is 0 Å². The number of nitrogens with zero attached hydrogens (tertiary/aromatic N) is 7. The summed E-state index contributed by atoms with van der Waals surface area (Å²) in [6.07, 6.45) is 7.46. The molecule has 6 heterocycles. The molecule has 0 bridgehead atoms. The molecule has 10 rings (SSSR count). The van der Waals surface area contributed by atoms with Crippen molar-refractivity contribution in [2.45, 2.75) is 109 Å². The molecular weight excluding hydrogens is 1130 g/mol. The maximum absolute atomic E-state index is 11.9. The molecule has 6 unspecified atom stereocenters. The van der Waals surface area contributed by atoms with Gasteiger partial charge in [-0.15, -0.1) is 11.6 Å². The molecular formula is C56H82B3Cl3N10O11. The average Bonchev–Trinajstić information content (AvgIpc) is 3.38. The first-order valence-electron chi connectivity index (χ1n) is 28.4. The lowest BCUT2D eigenvalue weighted by atomic mass is 9.81. The molecule has 0 amide bonds. The Balaban J connectivity index is 0.000000201. The molecule has 0 saturated carbocycles. The number of likely N-dealkylation sites (N-methyl/N-ethyl adjacent to an activating group) is 1. The Labute approximate surface area is 504 Å². The van der Waals surface area contributed by atoms with Crippen LogP contribution in [0, 0.1) is 13.8 Å². The fourth-order valence-electron chi connectivity index (χ4n) is 11.0. The fraction of sp³-hybridized carbons (Fsp3) is 0.536. The van der Waals surface area contributed by atoms with Crippen LogP contribution in [0.4, 0.5) is 0 Å². The topological polar surface area (TPSA) is 288 Å². The number of nitrogens with one attached hydrogen (secondary N) is 3. The van der Waals surface area contributed by atoms with E-state index in [-0.39, 0.29) is 11.4 Å². The van der Waals surface area contributed by atoms with Gasteiger partial charge in [-0.1, -0.05) is 61.3 Å². The molecule has 6 aliphatic rings. The SMILES string of the molecule is CB(O)N1CCN(C)CC1C(=O)O.CB(O)N1CCN(C2c3ccc(Cl)cc3CCc3cc(C)cnc32)CC1C(=O)O.CB(O)N1CCNCC1C(=O)O.CC.Cc1cnc2c(c1)CCc1cc(Cl)ccc1C2Cl.O=C(O)C1CNCCN1. The Morgan fingerprint density at radius 3 is 1.53 bits per heavy atom. The molecule has 83 heavy (non-hydrogen) atoms. The zero-order chi connectivity index (χ0) is 61.2. The number of hydrogen-bond donors (Lipinski definition) is 10. The number of carboxylic acids is 4. The maximum atomic E-state index is 11.9. The second-order valence-corrected chi connectivity index (χ2v) is 22.6. The van der Waals surface area contributed by atoms with Crippen LogP contribution in [0.1, 0.15) is 81.2 Å². The number of aliphatic carboxylic acids is 4. The average molecular weight is 1210 g/mol. The smallest absolute Gasteiger partial charge is 0.377 e. The Morgan fingerprint density at radius 1 is 0.566 bits per heavy atom. The van der Waals surface area contributed by atoms with Gasteiger partial charge in [0, 0.05) is 101 Å². The lowest BCUT2D eigenvalue weighted by molar-refractivity contribution is -0.144. The van der Waals surface area contributed by atoms with Gasteiger partial charge in [-0.05, 0) is 136 Å². The number of carboxylic acid groups (broad SMARTS) is 4. The highest BCUT2D eigenvalue weighted by Gasteiger charge is 2.41. The number of piperazine rings is 4. The van der Waals surface area contributed by atoms with Gasteiger partial charge in [0.2, 0.25) is 0 Å². The molecule has 0 spiro atoms. The molecule has 2 aliphatic carbocycles. The van der Waals surface area contributed by atoms with Gasteiger partial charge in [-0.3, -0.25) is 34.0 Å². The van der Waals surface area contributed by atoms with Gasteiger partial charge >= 0.3 is 45.0 Å². The molecule has 4 fully saturated rings. The normalized spacial score (nSPS) is 22.5. The number of benzene rings is 2. The van der Waals surface area contributed by atoms with Gasteiger partial charge in [0.25, 0.3) is 0 Å². The summed E-state index contributed by atoms with van der Waals surface area (Å²) in [6, 6.07) is 13.8. The van der Waals surface area contributed by atoms with Crippen LogP contribution in [0.2, 0.25) is 30.5 Å². The molecule has 452 valence electrons. The van der Waals surface area contributed by atoms with Crippen molar-refractivity contribution in [3.8, 4) is 0 Å². The summed E-state index contributed by atoms with van der Waals surface area (Å²) in [6.45, 7) is 20.1. The van der Waals surface area contributed by atoms with Crippen LogP contribution in [0.25, 0.3) is 0 Å². The Kier molecular flexibility index (Phi) is 27.6. The van der Waals surface area contributed by atoms with Crippen molar-refractivity contribution >= 4 is 79.8 Å². The summed E-state index contributed by atoms with van der Waals surface area (Å²) in [5.74, 6) is -3.45. The highest BCUT2D eigenvalue weighted by atomic mass is 35.5. The Hall–Kier alpha value is -4.76. The molecule has 2 aromatic carbocycles. The van der Waals surface area contributed by atoms with Crippen molar-refractivity contribution < 1.29 is 54.7 Å². The second kappa shape index (κ2) is 33.2. The van der Waals surface area contributed by atoms with Crippen molar-refractivity contribution in [3.05, 3.63) is 127 Å². The summed E-state index contributed by atoms with van der Waals surface area (Å²) >= 11 is 18.9. The van der Waals surface area contributed by atoms with E-state index in [1.165, 1.54) is 27.8 Å². The largest absolute Gasteiger partial charge is 0.480 e. The monoisotopic (exact) mass is 1210 g/mol. The number of carbonyl (C=O) groups is 4. The number of halogens is 3. The summed E-state index contributed by atoms with van der Waals surface area (Å²) in [7, 11) is -0.287. The van der Waals surface area contributed by atoms with Crippen LogP contribution < -0.4 is 16.0 Å². The van der Waals surface area contributed by atoms with Crippen LogP contribution >= 0.6 is 34.8 Å². The van der Waals surface area contributed by atoms with Crippen molar-refractivity contribution in [1.82, 2.24) is 50.2 Å². The first-order chi connectivity index (χ1) is 39.4. The van der Waals surface area contributed by atoms with Crippen LogP contribution in [0.3, 0.4) is 0 Å². The Bertz CT molecular complexity index is 2690. The Morgan fingerprint density at radius 2 is 1.04 bits per heavy atom. The number of hydrogen-bond acceptors (Lipinski definition) is 17. The highest BCUT2D eigenvalue weighted by molar-refractivity contribution is 6.46. The van der Waals surface area contributed by atoms with E-state index >= 15 is 0 Å². The molecule has 2 aromatic heterocycles. The third-order valence-corrected chi connectivity index (χ3v) is 16.2. The predicted octanol–water partition coefficient (Wildman–Crippen LogP) is 3.79. The van der Waals surface area contributed by atoms with Gasteiger partial charge in [0.05, 0.1) is 17.4 Å². The quantitative estimate of drug-likeness (QED) is 0.0887. The lowest BCUT2D eigenvalue weighted by Gasteiger charge is -2.43. The summed E-state index contributed by atoms with van der Waals surface area (Å²) < 4.78 is 0. The number of aromatic nitrogens is 2. The van der Waals surface area contributed by atoms with Crippen LogP contribution in [0.15, 0.2) is 60.9 Å². The van der Waals surface area contributed by atoms with E-state index < -0.39 is 69.2 Å². The minimum atomic E-state index is -0.919. The maximum Gasteiger partial charge on any atom is 0.377 e. The fourth-order valence-corrected chi connectivity index (χ4v) is 11.8. The van der Waals surface area contributed by atoms with E-state index in [2.05, 4.69) is 51.0 Å². The summed E-state index contributed by atoms with van der Waals surface area (Å²) in [4.78, 5) is 62.0. The first-order valence-corrected chi connectivity index (χ1v) is 29.6. The highest BCUT2D eigenvalue weighted by Crippen LogP contribution is 2.39. The van der Waals surface area contributed by atoms with E-state index in [0.717, 1.165) is 85.0 Å². The third kappa shape index (κ3) is 19.4. The molecule has 10 N–H and O–H groups in total. The standard InChI is InChI=1S/C21H25BClN3O3.C15H13Cl2N.C7H15BN2O3.C6H13BN2O3.C5H10N2O2.C2H6/c1-13-9-15-4-3-14-10-16(23)5-6-17(14)20(19(15)24-11-13)25-7-8-26(22(2)29)18(12-25)21(27)28;1-9-6-11-3-2-10-7-12(16)4-5-13(10)14(17)15(11)18-8-9;1-8(13)10-4-3-9(2)5-6(10)7(11)12;1-7(12)9-3-2-8-4-5(9)6(10)11;8-5(9)4-3-6-1-2-7-4;1-2/h5-6,9-11,18,20,29H,3-4,7-8,12H2,1-2H3,(H,27,28);4-8,14H,2-3H2,1H3;6,13H,3-5H2,1-2H3,(H,11,12);5,8,12H,2-4H2,1H3,(H,10,11);4,6-7H,1-3H2,(H,8,9);1-2H3. The van der Waals surface area contributed by atoms with E-state index in [4.69, 9.17) is 55.1 Å². The van der Waals surface area contributed by atoms with Gasteiger partial charge < -0.3 is 70.8 Å². The first kappa shape index (κ1) is 69.0. The minimum absolute atomic E-state index is 0.127.